The Kier molecular flexibility index (Phi) is 6.02. The molecule has 1 N–H and O–H groups in total. The van der Waals surface area contributed by atoms with Crippen molar-refractivity contribution < 1.29 is 27.5 Å². The zero-order chi connectivity index (χ0) is 24.2. The Labute approximate surface area is 191 Å². The van der Waals surface area contributed by atoms with Crippen LogP contribution >= 0.6 is 0 Å². The van der Waals surface area contributed by atoms with E-state index in [9.17, 15) is 27.5 Å². The lowest BCUT2D eigenvalue weighted by molar-refractivity contribution is -0.132. The van der Waals surface area contributed by atoms with Crippen LogP contribution in [0, 0.1) is 0 Å². The zero-order valence-corrected chi connectivity index (χ0v) is 19.2. The number of nitrogens with zero attached hydrogens (tertiary/aromatic N) is 3. The van der Waals surface area contributed by atoms with E-state index in [-0.39, 0.29) is 12.5 Å². The molecule has 33 heavy (non-hydrogen) atoms. The number of likely N-dealkylation sites (N-methyl/N-ethyl adjacent to an activating group) is 1. The van der Waals surface area contributed by atoms with Crippen molar-refractivity contribution in [3.63, 3.8) is 0 Å². The largest absolute Gasteiger partial charge is 0.430 e. The summed E-state index contributed by atoms with van der Waals surface area (Å²) in [5.74, 6) is -0.146. The molecule has 0 aromatic heterocycles. The predicted octanol–water partition coefficient (Wildman–Crippen LogP) is 3.39. The Bertz CT molecular complexity index is 915. The van der Waals surface area contributed by atoms with Gasteiger partial charge in [-0.25, -0.2) is 4.39 Å². The third kappa shape index (κ3) is 4.49. The van der Waals surface area contributed by atoms with Gasteiger partial charge in [-0.05, 0) is 57.5 Å². The molecule has 2 unspecified atom stereocenters. The number of aliphatic hydroxyl groups is 1. The molecule has 3 aliphatic rings. The molecule has 9 heteroatoms. The smallest absolute Gasteiger partial charge is 0.390 e. The standard InChI is InChI=1S/C24H31F4N3O2/c1-22(2,33)15-16-4-6-17(7-5-16)21(32)30-10-8-23(9-11-30)20-18(25)14-19(24(26,27)28)31(20)13-12-29(23)3/h4-7,14,18,20,33H,8-13,15H2,1-3H3. The molecule has 0 saturated carbocycles. The second-order valence-electron chi connectivity index (χ2n) is 10.1. The van der Waals surface area contributed by atoms with Gasteiger partial charge in [0.05, 0.1) is 11.6 Å². The van der Waals surface area contributed by atoms with Crippen LogP contribution < -0.4 is 0 Å². The Morgan fingerprint density at radius 1 is 1.09 bits per heavy atom. The number of hydrogen-bond donors (Lipinski definition) is 1. The summed E-state index contributed by atoms with van der Waals surface area (Å²) in [6.45, 7) is 4.69. The molecule has 2 atom stereocenters. The highest BCUT2D eigenvalue weighted by Crippen LogP contribution is 2.47. The van der Waals surface area contributed by atoms with E-state index in [0.29, 0.717) is 44.5 Å². The number of rotatable bonds is 3. The molecule has 182 valence electrons. The molecule has 0 bridgehead atoms. The van der Waals surface area contributed by atoms with Crippen LogP contribution in [-0.2, 0) is 6.42 Å². The summed E-state index contributed by atoms with van der Waals surface area (Å²) in [6.07, 6.45) is -4.27. The molecule has 1 spiro atoms. The SMILES string of the molecule is CN1CCN2C(C(F)(F)F)=CC(F)C2C12CCN(C(=O)c1ccc(CC(C)(C)O)cc1)CC2. The first kappa shape index (κ1) is 24.0. The minimum absolute atomic E-state index is 0.133. The van der Waals surface area contributed by atoms with Crippen molar-refractivity contribution >= 4 is 5.91 Å². The second kappa shape index (κ2) is 8.27. The Hall–Kier alpha value is -2.13. The molecule has 4 rings (SSSR count). The summed E-state index contributed by atoms with van der Waals surface area (Å²) in [5.41, 5.74) is -1.04. The average molecular weight is 470 g/mol. The van der Waals surface area contributed by atoms with Crippen molar-refractivity contribution in [3.8, 4) is 0 Å². The number of piperazine rings is 1. The first-order chi connectivity index (χ1) is 15.3. The van der Waals surface area contributed by atoms with Gasteiger partial charge in [0.15, 0.2) is 0 Å². The highest BCUT2D eigenvalue weighted by atomic mass is 19.4. The number of allylic oxidation sites excluding steroid dienone is 1. The quantitative estimate of drug-likeness (QED) is 0.690. The molecule has 2 saturated heterocycles. The number of carbonyl (C=O) groups is 1. The molecule has 1 aromatic carbocycles. The van der Waals surface area contributed by atoms with E-state index in [0.717, 1.165) is 11.6 Å². The monoisotopic (exact) mass is 469 g/mol. The normalized spacial score (nSPS) is 25.9. The molecule has 3 heterocycles. The summed E-state index contributed by atoms with van der Waals surface area (Å²) in [4.78, 5) is 17.9. The molecule has 1 aromatic rings. The summed E-state index contributed by atoms with van der Waals surface area (Å²) in [7, 11) is 1.84. The van der Waals surface area contributed by atoms with Crippen LogP contribution in [0.4, 0.5) is 17.6 Å². The van der Waals surface area contributed by atoms with Crippen molar-refractivity contribution in [2.45, 2.75) is 62.6 Å². The van der Waals surface area contributed by atoms with Crippen LogP contribution in [-0.4, -0.2) is 88.5 Å². The van der Waals surface area contributed by atoms with E-state index < -0.39 is 35.2 Å². The van der Waals surface area contributed by atoms with E-state index in [1.54, 1.807) is 30.9 Å². The lowest BCUT2D eigenvalue weighted by atomic mass is 9.76. The highest BCUT2D eigenvalue weighted by Gasteiger charge is 2.59. The number of carbonyl (C=O) groups excluding carboxylic acids is 1. The van der Waals surface area contributed by atoms with E-state index in [1.165, 1.54) is 4.90 Å². The average Bonchev–Trinajstić information content (AvgIpc) is 3.08. The lowest BCUT2D eigenvalue weighted by Crippen LogP contribution is -2.70. The minimum atomic E-state index is -4.58. The van der Waals surface area contributed by atoms with Gasteiger partial charge in [-0.3, -0.25) is 9.69 Å². The molecule has 5 nitrogen and oxygen atoms in total. The van der Waals surface area contributed by atoms with E-state index in [2.05, 4.69) is 0 Å². The van der Waals surface area contributed by atoms with Crippen molar-refractivity contribution in [3.05, 3.63) is 47.2 Å². The molecule has 2 fully saturated rings. The van der Waals surface area contributed by atoms with Crippen molar-refractivity contribution in [1.82, 2.24) is 14.7 Å². The number of fused-ring (bicyclic) bond motifs is 2. The third-order valence-corrected chi connectivity index (χ3v) is 7.30. The van der Waals surface area contributed by atoms with Crippen molar-refractivity contribution in [2.75, 3.05) is 33.2 Å². The summed E-state index contributed by atoms with van der Waals surface area (Å²) in [6, 6.07) is 6.21. The van der Waals surface area contributed by atoms with Crippen molar-refractivity contribution in [2.24, 2.45) is 0 Å². The molecule has 0 aliphatic carbocycles. The van der Waals surface area contributed by atoms with Crippen molar-refractivity contribution in [1.29, 1.82) is 0 Å². The fraction of sp³-hybridized carbons (Fsp3) is 0.625. The topological polar surface area (TPSA) is 47.0 Å². The fourth-order valence-corrected chi connectivity index (χ4v) is 5.69. The van der Waals surface area contributed by atoms with E-state index in [4.69, 9.17) is 0 Å². The van der Waals surface area contributed by atoms with Gasteiger partial charge in [-0.15, -0.1) is 0 Å². The number of halogens is 4. The van der Waals surface area contributed by atoms with Gasteiger partial charge in [0.25, 0.3) is 5.91 Å². The molecule has 0 radical (unpaired) electrons. The van der Waals surface area contributed by atoms with Crippen LogP contribution in [0.1, 0.15) is 42.6 Å². The Morgan fingerprint density at radius 3 is 2.24 bits per heavy atom. The van der Waals surface area contributed by atoms with E-state index >= 15 is 0 Å². The summed E-state index contributed by atoms with van der Waals surface area (Å²) >= 11 is 0. The number of alkyl halides is 4. The molecular weight excluding hydrogens is 438 g/mol. The van der Waals surface area contributed by atoms with Crippen LogP contribution in [0.5, 0.6) is 0 Å². The maximum atomic E-state index is 15.0. The lowest BCUT2D eigenvalue weighted by Gasteiger charge is -2.57. The highest BCUT2D eigenvalue weighted by molar-refractivity contribution is 5.94. The van der Waals surface area contributed by atoms with Gasteiger partial charge in [0.1, 0.15) is 11.9 Å². The summed E-state index contributed by atoms with van der Waals surface area (Å²) in [5, 5.41) is 9.96. The van der Waals surface area contributed by atoms with Gasteiger partial charge in [-0.1, -0.05) is 12.1 Å². The number of likely N-dealkylation sites (tertiary alicyclic amines) is 1. The first-order valence-corrected chi connectivity index (χ1v) is 11.3. The van der Waals surface area contributed by atoms with Crippen LogP contribution in [0.25, 0.3) is 0 Å². The Morgan fingerprint density at radius 2 is 1.70 bits per heavy atom. The summed E-state index contributed by atoms with van der Waals surface area (Å²) < 4.78 is 55.4. The van der Waals surface area contributed by atoms with Crippen LogP contribution in [0.3, 0.4) is 0 Å². The van der Waals surface area contributed by atoms with Gasteiger partial charge in [0.2, 0.25) is 0 Å². The zero-order valence-electron chi connectivity index (χ0n) is 19.2. The van der Waals surface area contributed by atoms with Crippen LogP contribution in [0.2, 0.25) is 0 Å². The molecule has 3 aliphatic heterocycles. The minimum Gasteiger partial charge on any atom is -0.390 e. The number of amides is 1. The third-order valence-electron chi connectivity index (χ3n) is 7.30. The van der Waals surface area contributed by atoms with Gasteiger partial charge < -0.3 is 14.9 Å². The number of piperidine rings is 1. The maximum absolute atomic E-state index is 15.0. The molecular formula is C24H31F4N3O2. The maximum Gasteiger partial charge on any atom is 0.430 e. The Balaban J connectivity index is 1.47. The predicted molar refractivity (Wildman–Crippen MR) is 116 cm³/mol. The van der Waals surface area contributed by atoms with Gasteiger partial charge in [0, 0.05) is 43.7 Å². The van der Waals surface area contributed by atoms with E-state index in [1.807, 2.05) is 24.1 Å². The first-order valence-electron chi connectivity index (χ1n) is 11.3. The van der Waals surface area contributed by atoms with Crippen LogP contribution in [0.15, 0.2) is 36.0 Å². The van der Waals surface area contributed by atoms with Gasteiger partial charge >= 0.3 is 6.18 Å². The second-order valence-corrected chi connectivity index (χ2v) is 10.1. The number of benzene rings is 1. The molecule has 1 amide bonds. The number of hydrogen-bond acceptors (Lipinski definition) is 4. The van der Waals surface area contributed by atoms with Gasteiger partial charge in [-0.2, -0.15) is 13.2 Å². The fourth-order valence-electron chi connectivity index (χ4n) is 5.69.